The molecular weight excluding hydrogens is 233 g/mol. The van der Waals surface area contributed by atoms with E-state index in [-0.39, 0.29) is 11.5 Å². The second-order valence-electron chi connectivity index (χ2n) is 3.54. The van der Waals surface area contributed by atoms with Crippen molar-refractivity contribution in [3.63, 3.8) is 0 Å². The molecule has 0 radical (unpaired) electrons. The van der Waals surface area contributed by atoms with Crippen molar-refractivity contribution in [1.29, 1.82) is 0 Å². The van der Waals surface area contributed by atoms with Crippen LogP contribution >= 0.6 is 0 Å². The zero-order valence-electron chi connectivity index (χ0n) is 9.52. The van der Waals surface area contributed by atoms with Gasteiger partial charge in [-0.05, 0) is 18.2 Å². The van der Waals surface area contributed by atoms with Crippen molar-refractivity contribution in [1.82, 2.24) is 4.98 Å². The number of rotatable bonds is 3. The van der Waals surface area contributed by atoms with Crippen LogP contribution in [0.2, 0.25) is 0 Å². The molecule has 0 fully saturated rings. The van der Waals surface area contributed by atoms with Crippen LogP contribution in [0.3, 0.4) is 0 Å². The van der Waals surface area contributed by atoms with Gasteiger partial charge in [-0.2, -0.15) is 0 Å². The molecule has 90 valence electrons. The highest BCUT2D eigenvalue weighted by atomic mass is 19.1. The molecule has 0 unspecified atom stereocenters. The van der Waals surface area contributed by atoms with Crippen LogP contribution in [0.5, 0.6) is 0 Å². The number of nitrogens with zero attached hydrogens (tertiary/aromatic N) is 1. The summed E-state index contributed by atoms with van der Waals surface area (Å²) in [6.45, 7) is 6.64. The lowest BCUT2D eigenvalue weighted by atomic mass is 10.2. The van der Waals surface area contributed by atoms with Gasteiger partial charge in [-0.1, -0.05) is 31.4 Å². The predicted molar refractivity (Wildman–Crippen MR) is 68.7 cm³/mol. The molecule has 4 heteroatoms. The molecule has 2 rings (SSSR count). The molecule has 1 aromatic heterocycles. The molecule has 0 amide bonds. The van der Waals surface area contributed by atoms with E-state index in [0.717, 1.165) is 0 Å². The van der Waals surface area contributed by atoms with E-state index in [2.05, 4.69) is 18.1 Å². The highest BCUT2D eigenvalue weighted by Crippen LogP contribution is 2.21. The Labute approximate surface area is 103 Å². The molecule has 0 aliphatic rings. The number of hydrogen-bond donors (Lipinski definition) is 0. The van der Waals surface area contributed by atoms with Crippen LogP contribution in [0.15, 0.2) is 64.6 Å². The number of hydrogen-bond acceptors (Lipinski definition) is 3. The monoisotopic (exact) mass is 243 g/mol. The minimum atomic E-state index is -0.735. The van der Waals surface area contributed by atoms with Crippen LogP contribution < -0.4 is 5.63 Å². The first-order chi connectivity index (χ1) is 8.63. The van der Waals surface area contributed by atoms with E-state index in [1.54, 1.807) is 24.3 Å². The fourth-order valence-corrected chi connectivity index (χ4v) is 1.53. The van der Waals surface area contributed by atoms with Crippen LogP contribution in [0, 0.1) is 0 Å². The van der Waals surface area contributed by atoms with Gasteiger partial charge in [-0.15, -0.1) is 0 Å². The maximum atomic E-state index is 13.3. The Bertz CT molecular complexity index is 713. The van der Waals surface area contributed by atoms with Gasteiger partial charge in [0.25, 0.3) is 0 Å². The molecule has 0 N–H and O–H groups in total. The Morgan fingerprint density at radius 1 is 1.39 bits per heavy atom. The fraction of sp³-hybridized carbons (Fsp3) is 0. The Kier molecular flexibility index (Phi) is 3.19. The van der Waals surface area contributed by atoms with Crippen molar-refractivity contribution < 1.29 is 8.81 Å². The normalized spacial score (nSPS) is 11.5. The molecule has 0 atom stereocenters. The molecule has 1 heterocycles. The summed E-state index contributed by atoms with van der Waals surface area (Å²) in [5.41, 5.74) is -0.111. The first-order valence-corrected chi connectivity index (χ1v) is 5.21. The summed E-state index contributed by atoms with van der Waals surface area (Å²) in [4.78, 5) is 15.8. The minimum Gasteiger partial charge on any atom is -0.403 e. The maximum absolute atomic E-state index is 13.3. The third-order valence-corrected chi connectivity index (χ3v) is 2.34. The third kappa shape index (κ3) is 2.13. The summed E-state index contributed by atoms with van der Waals surface area (Å²) in [6.07, 6.45) is 2.72. The van der Waals surface area contributed by atoms with Gasteiger partial charge in [-0.3, -0.25) is 0 Å². The molecule has 0 bridgehead atoms. The van der Waals surface area contributed by atoms with Gasteiger partial charge in [0.15, 0.2) is 0 Å². The topological polar surface area (TPSA) is 43.1 Å². The van der Waals surface area contributed by atoms with Gasteiger partial charge in [-0.25, -0.2) is 14.2 Å². The Hall–Kier alpha value is -2.49. The van der Waals surface area contributed by atoms with Crippen LogP contribution in [0.25, 0.3) is 16.5 Å². The number of para-hydroxylation sites is 1. The molecule has 0 aliphatic carbocycles. The highest BCUT2D eigenvalue weighted by molar-refractivity contribution is 5.80. The second-order valence-corrected chi connectivity index (χ2v) is 3.54. The van der Waals surface area contributed by atoms with E-state index < -0.39 is 11.5 Å². The largest absolute Gasteiger partial charge is 0.403 e. The smallest absolute Gasteiger partial charge is 0.347 e. The van der Waals surface area contributed by atoms with Gasteiger partial charge < -0.3 is 4.42 Å². The van der Waals surface area contributed by atoms with Crippen LogP contribution in [-0.2, 0) is 0 Å². The van der Waals surface area contributed by atoms with E-state index in [0.29, 0.717) is 10.9 Å². The average Bonchev–Trinajstić information content (AvgIpc) is 2.35. The quantitative estimate of drug-likeness (QED) is 0.777. The van der Waals surface area contributed by atoms with Crippen molar-refractivity contribution in [3.8, 4) is 0 Å². The lowest BCUT2D eigenvalue weighted by Crippen LogP contribution is -2.04. The average molecular weight is 243 g/mol. The Balaban J connectivity index is 2.73. The summed E-state index contributed by atoms with van der Waals surface area (Å²) in [7, 11) is 0. The van der Waals surface area contributed by atoms with Gasteiger partial charge in [0.05, 0.1) is 16.5 Å². The number of aromatic nitrogens is 1. The molecule has 0 spiro atoms. The Morgan fingerprint density at radius 2 is 2.11 bits per heavy atom. The summed E-state index contributed by atoms with van der Waals surface area (Å²) in [5, 5.41) is 0.351. The van der Waals surface area contributed by atoms with Gasteiger partial charge in [0.1, 0.15) is 5.83 Å². The summed E-state index contributed by atoms with van der Waals surface area (Å²) >= 11 is 0. The second kappa shape index (κ2) is 4.79. The zero-order valence-corrected chi connectivity index (χ0v) is 9.52. The SMILES string of the molecule is C=C/C=C(\C(=C)F)c1nc2ccccc2c(=O)o1. The first-order valence-electron chi connectivity index (χ1n) is 5.21. The lowest BCUT2D eigenvalue weighted by molar-refractivity contribution is 0.483. The standard InChI is InChI=1S/C14H10FNO2/c1-3-6-10(9(2)15)13-16-12-8-5-4-7-11(12)14(17)18-13/h3-8H,1-2H2/b10-6+. The van der Waals surface area contributed by atoms with Crippen LogP contribution in [0.1, 0.15) is 5.89 Å². The number of halogens is 1. The number of benzene rings is 1. The molecular formula is C14H10FNO2. The number of allylic oxidation sites excluding steroid dienone is 4. The molecule has 2 aromatic rings. The molecule has 0 aliphatic heterocycles. The van der Waals surface area contributed by atoms with E-state index in [1.807, 2.05) is 0 Å². The van der Waals surface area contributed by atoms with Crippen molar-refractivity contribution in [2.45, 2.75) is 0 Å². The van der Waals surface area contributed by atoms with Crippen molar-refractivity contribution in [2.24, 2.45) is 0 Å². The molecule has 18 heavy (non-hydrogen) atoms. The number of fused-ring (bicyclic) bond motifs is 1. The van der Waals surface area contributed by atoms with E-state index in [9.17, 15) is 9.18 Å². The van der Waals surface area contributed by atoms with E-state index in [1.165, 1.54) is 12.2 Å². The van der Waals surface area contributed by atoms with Crippen molar-refractivity contribution >= 4 is 16.5 Å². The van der Waals surface area contributed by atoms with Crippen molar-refractivity contribution in [3.05, 3.63) is 71.7 Å². The minimum absolute atomic E-state index is 0.00727. The maximum Gasteiger partial charge on any atom is 0.347 e. The molecule has 1 aromatic carbocycles. The van der Waals surface area contributed by atoms with Crippen LogP contribution in [-0.4, -0.2) is 4.98 Å². The van der Waals surface area contributed by atoms with E-state index in [4.69, 9.17) is 4.42 Å². The summed E-state index contributed by atoms with van der Waals surface area (Å²) in [6, 6.07) is 6.69. The Morgan fingerprint density at radius 3 is 2.78 bits per heavy atom. The molecule has 3 nitrogen and oxygen atoms in total. The lowest BCUT2D eigenvalue weighted by Gasteiger charge is -2.02. The predicted octanol–water partition coefficient (Wildman–Crippen LogP) is 3.24. The fourth-order valence-electron chi connectivity index (χ4n) is 1.53. The summed E-state index contributed by atoms with van der Waals surface area (Å²) in [5.74, 6) is -0.841. The zero-order chi connectivity index (χ0) is 13.1. The molecule has 0 saturated carbocycles. The van der Waals surface area contributed by atoms with E-state index >= 15 is 0 Å². The van der Waals surface area contributed by atoms with Crippen LogP contribution in [0.4, 0.5) is 4.39 Å². The van der Waals surface area contributed by atoms with Gasteiger partial charge in [0.2, 0.25) is 5.89 Å². The van der Waals surface area contributed by atoms with Crippen molar-refractivity contribution in [2.75, 3.05) is 0 Å². The highest BCUT2D eigenvalue weighted by Gasteiger charge is 2.12. The molecule has 0 saturated heterocycles. The van der Waals surface area contributed by atoms with Gasteiger partial charge >= 0.3 is 5.63 Å². The van der Waals surface area contributed by atoms with Gasteiger partial charge in [0, 0.05) is 0 Å². The first kappa shape index (κ1) is 12.0. The summed E-state index contributed by atoms with van der Waals surface area (Å²) < 4.78 is 18.2. The third-order valence-electron chi connectivity index (χ3n) is 2.34.